The quantitative estimate of drug-likeness (QED) is 0.891. The number of hydrogen-bond acceptors (Lipinski definition) is 5. The largest absolute Gasteiger partial charge is 0.372 e. The van der Waals surface area contributed by atoms with Gasteiger partial charge in [-0.25, -0.2) is 4.98 Å². The van der Waals surface area contributed by atoms with E-state index in [1.165, 1.54) is 4.88 Å². The van der Waals surface area contributed by atoms with Crippen LogP contribution in [0.2, 0.25) is 0 Å². The maximum atomic E-state index is 5.71. The Kier molecular flexibility index (Phi) is 4.01. The smallest absolute Gasteiger partial charge is 0.185 e. The van der Waals surface area contributed by atoms with Crippen molar-refractivity contribution in [2.45, 2.75) is 32.9 Å². The van der Waals surface area contributed by atoms with Gasteiger partial charge in [0.1, 0.15) is 0 Å². The highest BCUT2D eigenvalue weighted by molar-refractivity contribution is 7.15. The lowest BCUT2D eigenvalue weighted by Crippen LogP contribution is -2.48. The van der Waals surface area contributed by atoms with Gasteiger partial charge in [-0.1, -0.05) is 6.92 Å². The molecule has 4 nitrogen and oxygen atoms in total. The second-order valence-electron chi connectivity index (χ2n) is 4.92. The van der Waals surface area contributed by atoms with Crippen LogP contribution in [0.25, 0.3) is 0 Å². The predicted molar refractivity (Wildman–Crippen MR) is 71.7 cm³/mol. The van der Waals surface area contributed by atoms with Crippen molar-refractivity contribution >= 4 is 16.5 Å². The summed E-state index contributed by atoms with van der Waals surface area (Å²) in [5.74, 6) is 0. The van der Waals surface area contributed by atoms with Crippen LogP contribution in [0.3, 0.4) is 0 Å². The summed E-state index contributed by atoms with van der Waals surface area (Å²) in [4.78, 5) is 8.13. The Morgan fingerprint density at radius 1 is 1.59 bits per heavy atom. The Hall–Kier alpha value is -0.650. The summed E-state index contributed by atoms with van der Waals surface area (Å²) < 4.78 is 5.71. The molecule has 0 spiro atoms. The third-order valence-corrected chi connectivity index (χ3v) is 3.84. The highest BCUT2D eigenvalue weighted by atomic mass is 32.1. The van der Waals surface area contributed by atoms with Gasteiger partial charge in [-0.05, 0) is 20.4 Å². The van der Waals surface area contributed by atoms with Crippen molar-refractivity contribution in [1.82, 2.24) is 10.3 Å². The lowest BCUT2D eigenvalue weighted by atomic mass is 10.1. The molecule has 0 amide bonds. The fourth-order valence-electron chi connectivity index (χ4n) is 1.95. The molecule has 2 rings (SSSR count). The highest BCUT2D eigenvalue weighted by Gasteiger charge is 2.28. The van der Waals surface area contributed by atoms with Crippen LogP contribution in [0.1, 0.15) is 25.6 Å². The lowest BCUT2D eigenvalue weighted by Gasteiger charge is -2.37. The maximum absolute atomic E-state index is 5.71. The molecule has 1 aliphatic heterocycles. The minimum atomic E-state index is -0.0637. The van der Waals surface area contributed by atoms with E-state index in [0.717, 1.165) is 37.9 Å². The zero-order valence-electron chi connectivity index (χ0n) is 10.8. The molecule has 0 saturated carbocycles. The molecule has 0 radical (unpaired) electrons. The molecule has 5 heteroatoms. The molecular formula is C12H21N3OS. The minimum Gasteiger partial charge on any atom is -0.372 e. The van der Waals surface area contributed by atoms with Gasteiger partial charge in [-0.2, -0.15) is 0 Å². The summed E-state index contributed by atoms with van der Waals surface area (Å²) >= 11 is 1.78. The average molecular weight is 255 g/mol. The first kappa shape index (κ1) is 12.8. The second kappa shape index (κ2) is 5.33. The Morgan fingerprint density at radius 2 is 2.41 bits per heavy atom. The van der Waals surface area contributed by atoms with Gasteiger partial charge in [0.25, 0.3) is 0 Å². The van der Waals surface area contributed by atoms with Crippen LogP contribution in [0.5, 0.6) is 0 Å². The first-order valence-corrected chi connectivity index (χ1v) is 6.97. The molecular weight excluding hydrogens is 234 g/mol. The van der Waals surface area contributed by atoms with Crippen molar-refractivity contribution in [3.8, 4) is 0 Å². The van der Waals surface area contributed by atoms with Crippen molar-refractivity contribution in [2.24, 2.45) is 0 Å². The number of rotatable bonds is 4. The molecule has 2 heterocycles. The topological polar surface area (TPSA) is 37.4 Å². The van der Waals surface area contributed by atoms with Crippen LogP contribution in [0, 0.1) is 0 Å². The molecule has 1 fully saturated rings. The summed E-state index contributed by atoms with van der Waals surface area (Å²) in [6.45, 7) is 10.9. The monoisotopic (exact) mass is 255 g/mol. The van der Waals surface area contributed by atoms with Gasteiger partial charge in [0.2, 0.25) is 0 Å². The third-order valence-electron chi connectivity index (χ3n) is 2.79. The maximum Gasteiger partial charge on any atom is 0.185 e. The number of ether oxygens (including phenoxy) is 1. The molecule has 0 aliphatic carbocycles. The molecule has 0 aromatic carbocycles. The molecule has 1 aliphatic rings. The van der Waals surface area contributed by atoms with E-state index in [9.17, 15) is 0 Å². The zero-order chi connectivity index (χ0) is 12.3. The molecule has 0 atom stereocenters. The van der Waals surface area contributed by atoms with Crippen molar-refractivity contribution in [3.63, 3.8) is 0 Å². The van der Waals surface area contributed by atoms with E-state index in [1.54, 1.807) is 11.3 Å². The lowest BCUT2D eigenvalue weighted by molar-refractivity contribution is -0.0277. The van der Waals surface area contributed by atoms with Crippen LogP contribution in [0.15, 0.2) is 6.20 Å². The molecule has 0 unspecified atom stereocenters. The summed E-state index contributed by atoms with van der Waals surface area (Å²) in [6, 6.07) is 0. The van der Waals surface area contributed by atoms with Gasteiger partial charge >= 0.3 is 0 Å². The second-order valence-corrected chi connectivity index (χ2v) is 6.01. The molecule has 1 aromatic heterocycles. The van der Waals surface area contributed by atoms with E-state index in [1.807, 2.05) is 6.20 Å². The molecule has 1 saturated heterocycles. The molecule has 96 valence electrons. The summed E-state index contributed by atoms with van der Waals surface area (Å²) in [7, 11) is 0. The zero-order valence-corrected chi connectivity index (χ0v) is 11.6. The SMILES string of the molecule is CCNCc1cnc(N2CCOC(C)(C)C2)s1. The van der Waals surface area contributed by atoms with Gasteiger partial charge in [0.15, 0.2) is 5.13 Å². The molecule has 0 bridgehead atoms. The number of hydrogen-bond donors (Lipinski definition) is 1. The standard InChI is InChI=1S/C12H21N3OS/c1-4-13-7-10-8-14-11(17-10)15-5-6-16-12(2,3)9-15/h8,13H,4-7,9H2,1-3H3. The fraction of sp³-hybridized carbons (Fsp3) is 0.750. The Morgan fingerprint density at radius 3 is 3.12 bits per heavy atom. The summed E-state index contributed by atoms with van der Waals surface area (Å²) in [5, 5.41) is 4.44. The predicted octanol–water partition coefficient (Wildman–Crippen LogP) is 1.87. The van der Waals surface area contributed by atoms with Crippen molar-refractivity contribution < 1.29 is 4.74 Å². The van der Waals surface area contributed by atoms with Gasteiger partial charge < -0.3 is 15.0 Å². The van der Waals surface area contributed by atoms with E-state index in [4.69, 9.17) is 4.74 Å². The van der Waals surface area contributed by atoms with Crippen LogP contribution < -0.4 is 10.2 Å². The van der Waals surface area contributed by atoms with E-state index >= 15 is 0 Å². The Balaban J connectivity index is 1.99. The first-order valence-electron chi connectivity index (χ1n) is 6.15. The fourth-order valence-corrected chi connectivity index (χ4v) is 2.86. The van der Waals surface area contributed by atoms with Crippen LogP contribution in [-0.2, 0) is 11.3 Å². The number of nitrogens with one attached hydrogen (secondary N) is 1. The van der Waals surface area contributed by atoms with E-state index in [2.05, 4.69) is 36.0 Å². The molecule has 1 N–H and O–H groups in total. The summed E-state index contributed by atoms with van der Waals surface area (Å²) in [5.41, 5.74) is -0.0637. The van der Waals surface area contributed by atoms with Crippen molar-refractivity contribution in [2.75, 3.05) is 31.1 Å². The van der Waals surface area contributed by atoms with Gasteiger partial charge in [-0.15, -0.1) is 11.3 Å². The average Bonchev–Trinajstić information content (AvgIpc) is 2.73. The normalized spacial score (nSPS) is 19.6. The Bertz CT molecular complexity index is 364. The summed E-state index contributed by atoms with van der Waals surface area (Å²) in [6.07, 6.45) is 1.98. The van der Waals surface area contributed by atoms with Crippen molar-refractivity contribution in [1.29, 1.82) is 0 Å². The van der Waals surface area contributed by atoms with E-state index < -0.39 is 0 Å². The molecule has 17 heavy (non-hydrogen) atoms. The number of thiazole rings is 1. The van der Waals surface area contributed by atoms with Gasteiger partial charge in [0, 0.05) is 30.7 Å². The van der Waals surface area contributed by atoms with Crippen LogP contribution >= 0.6 is 11.3 Å². The first-order chi connectivity index (χ1) is 8.11. The number of nitrogens with zero attached hydrogens (tertiary/aromatic N) is 2. The van der Waals surface area contributed by atoms with E-state index in [-0.39, 0.29) is 5.60 Å². The van der Waals surface area contributed by atoms with Gasteiger partial charge in [-0.3, -0.25) is 0 Å². The number of anilines is 1. The van der Waals surface area contributed by atoms with Crippen LogP contribution in [0.4, 0.5) is 5.13 Å². The van der Waals surface area contributed by atoms with Gasteiger partial charge in [0.05, 0.1) is 12.2 Å². The third kappa shape index (κ3) is 3.40. The van der Waals surface area contributed by atoms with Crippen LogP contribution in [-0.4, -0.2) is 36.8 Å². The highest BCUT2D eigenvalue weighted by Crippen LogP contribution is 2.27. The number of morpholine rings is 1. The van der Waals surface area contributed by atoms with E-state index in [0.29, 0.717) is 0 Å². The van der Waals surface area contributed by atoms with Crippen molar-refractivity contribution in [3.05, 3.63) is 11.1 Å². The molecule has 1 aromatic rings. The number of aromatic nitrogens is 1. The Labute approximate surface area is 107 Å². The minimum absolute atomic E-state index is 0.0637.